The number of para-hydroxylation sites is 1. The highest BCUT2D eigenvalue weighted by atomic mass is 19.1. The number of nitrogens with zero attached hydrogens (tertiary/aromatic N) is 2. The maximum atomic E-state index is 13.5. The van der Waals surface area contributed by atoms with Crippen LogP contribution in [0.15, 0.2) is 36.5 Å². The lowest BCUT2D eigenvalue weighted by atomic mass is 10.1. The van der Waals surface area contributed by atoms with Crippen LogP contribution in [0, 0.1) is 5.82 Å². The Morgan fingerprint density at radius 3 is 3.05 bits per heavy atom. The highest BCUT2D eigenvalue weighted by Gasteiger charge is 2.30. The standard InChI is InChI=1S/C15H16FN3O2/c16-11-4-1-2-6-14(11)21-10-15(20)19-9-3-5-13(19)12-7-8-17-18-12/h1-2,4,6-8,13H,3,5,9-10H2,(H,17,18). The van der Waals surface area contributed by atoms with E-state index in [2.05, 4.69) is 10.2 Å². The number of carbonyl (C=O) groups is 1. The van der Waals surface area contributed by atoms with Gasteiger partial charge in [-0.3, -0.25) is 9.89 Å². The van der Waals surface area contributed by atoms with Gasteiger partial charge in [-0.25, -0.2) is 4.39 Å². The number of carbonyl (C=O) groups excluding carboxylic acids is 1. The van der Waals surface area contributed by atoms with E-state index in [9.17, 15) is 9.18 Å². The number of aromatic nitrogens is 2. The van der Waals surface area contributed by atoms with Gasteiger partial charge in [-0.05, 0) is 31.0 Å². The van der Waals surface area contributed by atoms with Gasteiger partial charge in [-0.1, -0.05) is 12.1 Å². The van der Waals surface area contributed by atoms with Crippen molar-refractivity contribution < 1.29 is 13.9 Å². The first-order chi connectivity index (χ1) is 10.3. The summed E-state index contributed by atoms with van der Waals surface area (Å²) in [6.45, 7) is 0.523. The first-order valence-corrected chi connectivity index (χ1v) is 6.92. The van der Waals surface area contributed by atoms with Crippen LogP contribution in [0.3, 0.4) is 0 Å². The number of H-pyrrole nitrogens is 1. The summed E-state index contributed by atoms with van der Waals surface area (Å²) in [5, 5.41) is 6.82. The number of halogens is 1. The minimum absolute atomic E-state index is 0.00391. The van der Waals surface area contributed by atoms with Crippen LogP contribution in [0.2, 0.25) is 0 Å². The van der Waals surface area contributed by atoms with E-state index in [0.29, 0.717) is 6.54 Å². The van der Waals surface area contributed by atoms with E-state index < -0.39 is 5.82 Å². The van der Waals surface area contributed by atoms with Gasteiger partial charge >= 0.3 is 0 Å². The van der Waals surface area contributed by atoms with Crippen molar-refractivity contribution in [1.29, 1.82) is 0 Å². The predicted octanol–water partition coefficient (Wildman–Crippen LogP) is 2.29. The van der Waals surface area contributed by atoms with Crippen molar-refractivity contribution in [2.24, 2.45) is 0 Å². The Bertz CT molecular complexity index is 615. The third-order valence-corrected chi connectivity index (χ3v) is 3.64. The van der Waals surface area contributed by atoms with Gasteiger partial charge in [0.25, 0.3) is 5.91 Å². The van der Waals surface area contributed by atoms with Crippen LogP contribution >= 0.6 is 0 Å². The Hall–Kier alpha value is -2.37. The summed E-state index contributed by atoms with van der Waals surface area (Å²) >= 11 is 0. The number of likely N-dealkylation sites (tertiary alicyclic amines) is 1. The molecule has 21 heavy (non-hydrogen) atoms. The molecule has 1 atom stereocenters. The SMILES string of the molecule is O=C(COc1ccccc1F)N1CCCC1c1ccn[nH]1. The number of hydrogen-bond acceptors (Lipinski definition) is 3. The Labute approximate surface area is 121 Å². The maximum Gasteiger partial charge on any atom is 0.261 e. The summed E-state index contributed by atoms with van der Waals surface area (Å²) in [4.78, 5) is 14.0. The second-order valence-corrected chi connectivity index (χ2v) is 4.98. The topological polar surface area (TPSA) is 58.2 Å². The molecular weight excluding hydrogens is 273 g/mol. The number of aromatic amines is 1. The summed E-state index contributed by atoms with van der Waals surface area (Å²) in [5.74, 6) is -0.504. The van der Waals surface area contributed by atoms with Gasteiger partial charge in [0.05, 0.1) is 11.7 Å². The predicted molar refractivity (Wildman–Crippen MR) is 74.2 cm³/mol. The van der Waals surface area contributed by atoms with E-state index in [4.69, 9.17) is 4.74 Å². The molecule has 0 bridgehead atoms. The Balaban J connectivity index is 1.64. The Morgan fingerprint density at radius 2 is 2.29 bits per heavy atom. The molecule has 1 N–H and O–H groups in total. The highest BCUT2D eigenvalue weighted by Crippen LogP contribution is 2.30. The van der Waals surface area contributed by atoms with Gasteiger partial charge in [-0.2, -0.15) is 5.10 Å². The third-order valence-electron chi connectivity index (χ3n) is 3.64. The third kappa shape index (κ3) is 2.89. The molecule has 1 aromatic heterocycles. The van der Waals surface area contributed by atoms with Gasteiger partial charge < -0.3 is 9.64 Å². The largest absolute Gasteiger partial charge is 0.481 e. The van der Waals surface area contributed by atoms with Crippen LogP contribution in [-0.4, -0.2) is 34.2 Å². The molecule has 1 fully saturated rings. The van der Waals surface area contributed by atoms with Crippen molar-refractivity contribution >= 4 is 5.91 Å². The highest BCUT2D eigenvalue weighted by molar-refractivity contribution is 5.78. The zero-order valence-corrected chi connectivity index (χ0v) is 11.5. The summed E-state index contributed by atoms with van der Waals surface area (Å²) in [6, 6.07) is 7.95. The van der Waals surface area contributed by atoms with E-state index in [1.165, 1.54) is 12.1 Å². The van der Waals surface area contributed by atoms with Gasteiger partial charge in [0.2, 0.25) is 0 Å². The molecule has 2 heterocycles. The molecule has 1 aromatic carbocycles. The molecule has 6 heteroatoms. The van der Waals surface area contributed by atoms with Gasteiger partial charge in [-0.15, -0.1) is 0 Å². The lowest BCUT2D eigenvalue weighted by molar-refractivity contribution is -0.134. The van der Waals surface area contributed by atoms with Gasteiger partial charge in [0.15, 0.2) is 18.2 Å². The number of benzene rings is 1. The number of amides is 1. The number of rotatable bonds is 4. The van der Waals surface area contributed by atoms with Crippen molar-refractivity contribution in [3.8, 4) is 5.75 Å². The fourth-order valence-corrected chi connectivity index (χ4v) is 2.62. The fraction of sp³-hybridized carbons (Fsp3) is 0.333. The quantitative estimate of drug-likeness (QED) is 0.939. The normalized spacial score (nSPS) is 18.0. The van der Waals surface area contributed by atoms with Crippen LogP contribution < -0.4 is 4.74 Å². The number of hydrogen-bond donors (Lipinski definition) is 1. The zero-order chi connectivity index (χ0) is 14.7. The minimum atomic E-state index is -0.461. The zero-order valence-electron chi connectivity index (χ0n) is 11.5. The number of ether oxygens (including phenoxy) is 1. The van der Waals surface area contributed by atoms with Crippen molar-refractivity contribution in [1.82, 2.24) is 15.1 Å². The summed E-state index contributed by atoms with van der Waals surface area (Å²) in [5.41, 5.74) is 0.923. The van der Waals surface area contributed by atoms with E-state index in [1.807, 2.05) is 6.07 Å². The molecule has 1 aliphatic rings. The van der Waals surface area contributed by atoms with Crippen molar-refractivity contribution in [3.05, 3.63) is 48.0 Å². The molecule has 1 amide bonds. The molecule has 1 aliphatic heterocycles. The Morgan fingerprint density at radius 1 is 1.43 bits per heavy atom. The summed E-state index contributed by atoms with van der Waals surface area (Å²) < 4.78 is 18.7. The van der Waals surface area contributed by atoms with Crippen LogP contribution in [0.25, 0.3) is 0 Å². The summed E-state index contributed by atoms with van der Waals surface area (Å²) in [7, 11) is 0. The van der Waals surface area contributed by atoms with Gasteiger partial charge in [0, 0.05) is 12.7 Å². The van der Waals surface area contributed by atoms with E-state index in [0.717, 1.165) is 18.5 Å². The molecule has 0 radical (unpaired) electrons. The van der Waals surface area contributed by atoms with Gasteiger partial charge in [0.1, 0.15) is 0 Å². The van der Waals surface area contributed by atoms with E-state index in [-0.39, 0.29) is 24.3 Å². The molecule has 110 valence electrons. The monoisotopic (exact) mass is 289 g/mol. The van der Waals surface area contributed by atoms with Crippen LogP contribution in [0.5, 0.6) is 5.75 Å². The van der Waals surface area contributed by atoms with Crippen molar-refractivity contribution in [2.75, 3.05) is 13.2 Å². The van der Waals surface area contributed by atoms with Crippen LogP contribution in [0.1, 0.15) is 24.6 Å². The number of nitrogens with one attached hydrogen (secondary N) is 1. The molecule has 5 nitrogen and oxygen atoms in total. The van der Waals surface area contributed by atoms with Crippen LogP contribution in [0.4, 0.5) is 4.39 Å². The molecule has 0 saturated carbocycles. The van der Waals surface area contributed by atoms with E-state index in [1.54, 1.807) is 23.2 Å². The molecule has 3 rings (SSSR count). The average Bonchev–Trinajstić information content (AvgIpc) is 3.16. The van der Waals surface area contributed by atoms with Crippen LogP contribution in [-0.2, 0) is 4.79 Å². The maximum absolute atomic E-state index is 13.5. The smallest absolute Gasteiger partial charge is 0.261 e. The lowest BCUT2D eigenvalue weighted by Crippen LogP contribution is -2.34. The lowest BCUT2D eigenvalue weighted by Gasteiger charge is -2.23. The first kappa shape index (κ1) is 13.6. The Kier molecular flexibility index (Phi) is 3.85. The minimum Gasteiger partial charge on any atom is -0.481 e. The molecule has 1 saturated heterocycles. The van der Waals surface area contributed by atoms with E-state index >= 15 is 0 Å². The molecule has 2 aromatic rings. The molecule has 0 spiro atoms. The fourth-order valence-electron chi connectivity index (χ4n) is 2.62. The van der Waals surface area contributed by atoms with Crippen molar-refractivity contribution in [2.45, 2.75) is 18.9 Å². The molecule has 1 unspecified atom stereocenters. The molecule has 0 aliphatic carbocycles. The average molecular weight is 289 g/mol. The summed E-state index contributed by atoms with van der Waals surface area (Å²) in [6.07, 6.45) is 3.51. The second kappa shape index (κ2) is 5.95. The first-order valence-electron chi connectivity index (χ1n) is 6.92. The van der Waals surface area contributed by atoms with Crippen molar-refractivity contribution in [3.63, 3.8) is 0 Å². The second-order valence-electron chi connectivity index (χ2n) is 4.98. The molecular formula is C15H16FN3O2.